The van der Waals surface area contributed by atoms with Crippen molar-refractivity contribution in [2.45, 2.75) is 83.0 Å². The third-order valence-electron chi connectivity index (χ3n) is 3.77. The summed E-state index contributed by atoms with van der Waals surface area (Å²) in [6.07, 6.45) is 12.7. The number of Topliss-reactive ketones (excluding diaryl/α,β-unsaturated/α-hetero) is 1. The van der Waals surface area contributed by atoms with Gasteiger partial charge in [-0.25, -0.2) is 0 Å². The lowest BCUT2D eigenvalue weighted by molar-refractivity contribution is -0.117. The van der Waals surface area contributed by atoms with Crippen molar-refractivity contribution in [2.24, 2.45) is 0 Å². The van der Waals surface area contributed by atoms with Crippen LogP contribution in [-0.4, -0.2) is 23.9 Å². The van der Waals surface area contributed by atoms with Gasteiger partial charge in [0, 0.05) is 6.42 Å². The number of phenols is 1. The molecule has 6 heteroatoms. The van der Waals surface area contributed by atoms with Gasteiger partial charge in [-0.3, -0.25) is 4.55 Å². The van der Waals surface area contributed by atoms with E-state index < -0.39 is 10.1 Å². The van der Waals surface area contributed by atoms with E-state index in [0.29, 0.717) is 5.78 Å². The number of hydrogen-bond donors (Lipinski definition) is 2. The van der Waals surface area contributed by atoms with Crippen molar-refractivity contribution in [3.63, 3.8) is 0 Å². The van der Waals surface area contributed by atoms with Crippen molar-refractivity contribution < 1.29 is 22.9 Å². The topological polar surface area (TPSA) is 91.7 Å². The lowest BCUT2D eigenvalue weighted by Gasteiger charge is -2.00. The first kappa shape index (κ1) is 23.6. The second-order valence-electron chi connectivity index (χ2n) is 6.25. The van der Waals surface area contributed by atoms with E-state index in [1.807, 2.05) is 0 Å². The Labute approximate surface area is 152 Å². The number of unbranched alkanes of at least 4 members (excludes halogenated alkanes) is 8. The summed E-state index contributed by atoms with van der Waals surface area (Å²) in [6.45, 7) is 3.94. The maximum atomic E-state index is 10.7. The first-order valence-electron chi connectivity index (χ1n) is 9.03. The molecule has 1 aromatic rings. The van der Waals surface area contributed by atoms with Crippen LogP contribution in [0.2, 0.25) is 0 Å². The molecule has 0 saturated heterocycles. The summed E-state index contributed by atoms with van der Waals surface area (Å²) in [4.78, 5) is 10.4. The quantitative estimate of drug-likeness (QED) is 0.415. The molecule has 0 heterocycles. The zero-order valence-electron chi connectivity index (χ0n) is 15.4. The molecule has 0 amide bonds. The molecule has 0 aliphatic heterocycles. The van der Waals surface area contributed by atoms with Gasteiger partial charge in [-0.2, -0.15) is 8.42 Å². The molecule has 0 bridgehead atoms. The van der Waals surface area contributed by atoms with Crippen molar-refractivity contribution in [2.75, 3.05) is 0 Å². The average Bonchev–Trinajstić information content (AvgIpc) is 2.53. The molecule has 0 fully saturated rings. The highest BCUT2D eigenvalue weighted by molar-refractivity contribution is 7.85. The standard InChI is InChI=1S/C13H26O.C6H6O4S/c1-3-4-5-6-7-8-9-10-11-12-13(2)14;7-5-1-3-6(4-2-5)11(8,9)10/h3-12H2,1-2H3;1-4,7H,(H,8,9,10). The van der Waals surface area contributed by atoms with Crippen LogP contribution in [0.1, 0.15) is 78.1 Å². The molecule has 2 N–H and O–H groups in total. The van der Waals surface area contributed by atoms with Crippen LogP contribution in [-0.2, 0) is 14.9 Å². The summed E-state index contributed by atoms with van der Waals surface area (Å²) < 4.78 is 29.3. The zero-order chi connectivity index (χ0) is 19.1. The molecular weight excluding hydrogens is 340 g/mol. The summed E-state index contributed by atoms with van der Waals surface area (Å²) >= 11 is 0. The number of aromatic hydroxyl groups is 1. The van der Waals surface area contributed by atoms with E-state index in [9.17, 15) is 13.2 Å². The summed E-state index contributed by atoms with van der Waals surface area (Å²) in [7, 11) is -4.13. The molecule has 0 saturated carbocycles. The number of rotatable bonds is 11. The van der Waals surface area contributed by atoms with Crippen molar-refractivity contribution in [1.82, 2.24) is 0 Å². The fourth-order valence-corrected chi connectivity index (χ4v) is 2.78. The lowest BCUT2D eigenvalue weighted by Crippen LogP contribution is -1.96. The molecule has 1 rings (SSSR count). The van der Waals surface area contributed by atoms with Crippen molar-refractivity contribution >= 4 is 15.9 Å². The minimum atomic E-state index is -4.13. The molecule has 0 aromatic heterocycles. The summed E-state index contributed by atoms with van der Waals surface area (Å²) in [5, 5.41) is 8.75. The van der Waals surface area contributed by atoms with Crippen LogP contribution >= 0.6 is 0 Å². The molecule has 1 aromatic carbocycles. The third kappa shape index (κ3) is 14.6. The highest BCUT2D eigenvalue weighted by Gasteiger charge is 2.07. The van der Waals surface area contributed by atoms with Crippen LogP contribution in [0.15, 0.2) is 29.2 Å². The van der Waals surface area contributed by atoms with Crippen molar-refractivity contribution in [3.05, 3.63) is 24.3 Å². The predicted molar refractivity (Wildman–Crippen MR) is 100 cm³/mol. The van der Waals surface area contributed by atoms with Crippen LogP contribution in [0.25, 0.3) is 0 Å². The van der Waals surface area contributed by atoms with Gasteiger partial charge in [0.05, 0.1) is 4.90 Å². The van der Waals surface area contributed by atoms with Gasteiger partial charge in [-0.15, -0.1) is 0 Å². The monoisotopic (exact) mass is 372 g/mol. The molecule has 5 nitrogen and oxygen atoms in total. The first-order valence-corrected chi connectivity index (χ1v) is 10.5. The molecule has 144 valence electrons. The average molecular weight is 373 g/mol. The minimum absolute atomic E-state index is 0.0441. The highest BCUT2D eigenvalue weighted by atomic mass is 32.2. The minimum Gasteiger partial charge on any atom is -0.508 e. The molecule has 25 heavy (non-hydrogen) atoms. The van der Waals surface area contributed by atoms with E-state index >= 15 is 0 Å². The van der Waals surface area contributed by atoms with E-state index in [4.69, 9.17) is 9.66 Å². The Bertz CT molecular complexity index is 564. The van der Waals surface area contributed by atoms with Gasteiger partial charge in [0.1, 0.15) is 11.5 Å². The van der Waals surface area contributed by atoms with E-state index in [1.165, 1.54) is 63.5 Å². The lowest BCUT2D eigenvalue weighted by atomic mass is 10.1. The fourth-order valence-electron chi connectivity index (χ4n) is 2.30. The smallest absolute Gasteiger partial charge is 0.294 e. The summed E-state index contributed by atoms with van der Waals surface area (Å²) in [5.41, 5.74) is 0. The van der Waals surface area contributed by atoms with E-state index in [-0.39, 0.29) is 10.6 Å². The van der Waals surface area contributed by atoms with Gasteiger partial charge in [-0.05, 0) is 37.6 Å². The van der Waals surface area contributed by atoms with Crippen LogP contribution in [0.4, 0.5) is 0 Å². The second-order valence-corrected chi connectivity index (χ2v) is 7.67. The Morgan fingerprint density at radius 2 is 1.32 bits per heavy atom. The van der Waals surface area contributed by atoms with Gasteiger partial charge in [-0.1, -0.05) is 58.3 Å². The Kier molecular flexibility index (Phi) is 13.1. The van der Waals surface area contributed by atoms with Gasteiger partial charge < -0.3 is 9.90 Å². The van der Waals surface area contributed by atoms with E-state index in [0.717, 1.165) is 25.0 Å². The van der Waals surface area contributed by atoms with Gasteiger partial charge in [0.2, 0.25) is 0 Å². The van der Waals surface area contributed by atoms with E-state index in [2.05, 4.69) is 6.92 Å². The second kappa shape index (κ2) is 13.8. The summed E-state index contributed by atoms with van der Waals surface area (Å²) in [6, 6.07) is 4.60. The normalized spacial score (nSPS) is 10.8. The number of carbonyl (C=O) groups excluding carboxylic acids is 1. The maximum absolute atomic E-state index is 10.7. The third-order valence-corrected chi connectivity index (χ3v) is 4.63. The Hall–Kier alpha value is -1.40. The Balaban J connectivity index is 0.000000472. The molecule has 0 spiro atoms. The van der Waals surface area contributed by atoms with Gasteiger partial charge in [0.15, 0.2) is 0 Å². The van der Waals surface area contributed by atoms with Gasteiger partial charge in [0.25, 0.3) is 10.1 Å². The number of benzene rings is 1. The molecule has 0 atom stereocenters. The van der Waals surface area contributed by atoms with Crippen molar-refractivity contribution in [3.8, 4) is 5.75 Å². The maximum Gasteiger partial charge on any atom is 0.294 e. The van der Waals surface area contributed by atoms with Crippen LogP contribution in [0, 0.1) is 0 Å². The number of ketones is 1. The Morgan fingerprint density at radius 1 is 0.880 bits per heavy atom. The van der Waals surface area contributed by atoms with Crippen LogP contribution in [0.3, 0.4) is 0 Å². The van der Waals surface area contributed by atoms with Crippen LogP contribution < -0.4 is 0 Å². The Morgan fingerprint density at radius 3 is 1.72 bits per heavy atom. The summed E-state index contributed by atoms with van der Waals surface area (Å²) in [5.74, 6) is 0.297. The van der Waals surface area contributed by atoms with Gasteiger partial charge >= 0.3 is 0 Å². The number of hydrogen-bond acceptors (Lipinski definition) is 4. The molecule has 0 aliphatic carbocycles. The van der Waals surface area contributed by atoms with E-state index in [1.54, 1.807) is 6.92 Å². The molecular formula is C19H32O5S. The number of carbonyl (C=O) groups is 1. The largest absolute Gasteiger partial charge is 0.508 e. The van der Waals surface area contributed by atoms with Crippen LogP contribution in [0.5, 0.6) is 5.75 Å². The predicted octanol–water partition coefficient (Wildman–Crippen LogP) is 5.14. The SMILES string of the molecule is CCCCCCCCCCCC(C)=O.O=S(=O)(O)c1ccc(O)cc1. The fraction of sp³-hybridized carbons (Fsp3) is 0.632. The zero-order valence-corrected chi connectivity index (χ0v) is 16.2. The molecule has 0 aliphatic rings. The molecule has 0 radical (unpaired) electrons. The van der Waals surface area contributed by atoms with Crippen molar-refractivity contribution in [1.29, 1.82) is 0 Å². The number of phenolic OH excluding ortho intramolecular Hbond substituents is 1. The first-order chi connectivity index (χ1) is 11.8. The highest BCUT2D eigenvalue weighted by Crippen LogP contribution is 2.13. The molecule has 0 unspecified atom stereocenters.